The van der Waals surface area contributed by atoms with Crippen molar-refractivity contribution < 1.29 is 23.9 Å². The van der Waals surface area contributed by atoms with Gasteiger partial charge in [-0.1, -0.05) is 11.8 Å². The zero-order valence-electron chi connectivity index (χ0n) is 9.78. The Morgan fingerprint density at radius 3 is 2.59 bits per heavy atom. The normalized spacial score (nSPS) is 23.4. The highest BCUT2D eigenvalue weighted by atomic mass is 32.2. The molecule has 1 fully saturated rings. The number of rotatable bonds is 4. The highest BCUT2D eigenvalue weighted by Crippen LogP contribution is 2.21. The van der Waals surface area contributed by atoms with E-state index in [9.17, 15) is 14.4 Å². The molecule has 0 amide bonds. The van der Waals surface area contributed by atoms with Gasteiger partial charge in [-0.05, 0) is 13.0 Å². The zero-order chi connectivity index (χ0) is 12.9. The molecule has 0 aliphatic carbocycles. The SMILES string of the molecule is CO[C@@]1(C(=O)OC(=O)CSC(C)=O)CCCN1. The number of thioether (sulfide) groups is 1. The van der Waals surface area contributed by atoms with Crippen LogP contribution in [-0.4, -0.2) is 42.2 Å². The van der Waals surface area contributed by atoms with E-state index in [1.165, 1.54) is 14.0 Å². The maximum absolute atomic E-state index is 11.7. The summed E-state index contributed by atoms with van der Waals surface area (Å²) >= 11 is 0.804. The first kappa shape index (κ1) is 14.1. The largest absolute Gasteiger partial charge is 0.389 e. The lowest BCUT2D eigenvalue weighted by molar-refractivity contribution is -0.177. The van der Waals surface area contributed by atoms with Crippen molar-refractivity contribution in [1.29, 1.82) is 0 Å². The lowest BCUT2D eigenvalue weighted by Crippen LogP contribution is -2.51. The van der Waals surface area contributed by atoms with Crippen LogP contribution < -0.4 is 5.32 Å². The third-order valence-corrected chi connectivity index (χ3v) is 3.18. The molecule has 1 N–H and O–H groups in total. The molecular formula is C10H15NO5S. The van der Waals surface area contributed by atoms with Gasteiger partial charge in [0.25, 0.3) is 0 Å². The molecule has 7 heteroatoms. The van der Waals surface area contributed by atoms with Gasteiger partial charge in [0.2, 0.25) is 5.72 Å². The maximum Gasteiger partial charge on any atom is 0.361 e. The van der Waals surface area contributed by atoms with Crippen molar-refractivity contribution in [2.24, 2.45) is 0 Å². The molecule has 96 valence electrons. The summed E-state index contributed by atoms with van der Waals surface area (Å²) in [6, 6.07) is 0. The van der Waals surface area contributed by atoms with Crippen molar-refractivity contribution in [2.45, 2.75) is 25.5 Å². The molecule has 0 saturated carbocycles. The molecular weight excluding hydrogens is 246 g/mol. The second kappa shape index (κ2) is 6.13. The number of hydrogen-bond acceptors (Lipinski definition) is 7. The van der Waals surface area contributed by atoms with Crippen LogP contribution in [0.2, 0.25) is 0 Å². The maximum atomic E-state index is 11.7. The summed E-state index contributed by atoms with van der Waals surface area (Å²) in [6.45, 7) is 1.98. The van der Waals surface area contributed by atoms with Crippen molar-refractivity contribution in [3.8, 4) is 0 Å². The van der Waals surface area contributed by atoms with Crippen LogP contribution in [0.15, 0.2) is 0 Å². The van der Waals surface area contributed by atoms with Crippen molar-refractivity contribution in [1.82, 2.24) is 5.32 Å². The van der Waals surface area contributed by atoms with Gasteiger partial charge in [0.15, 0.2) is 5.12 Å². The Balaban J connectivity index is 2.47. The molecule has 0 radical (unpaired) electrons. The molecule has 6 nitrogen and oxygen atoms in total. The van der Waals surface area contributed by atoms with E-state index >= 15 is 0 Å². The van der Waals surface area contributed by atoms with E-state index in [4.69, 9.17) is 4.74 Å². The average Bonchev–Trinajstić information content (AvgIpc) is 2.76. The molecule has 1 rings (SSSR count). The van der Waals surface area contributed by atoms with Gasteiger partial charge in [-0.25, -0.2) is 4.79 Å². The fourth-order valence-electron chi connectivity index (χ4n) is 1.52. The third-order valence-electron chi connectivity index (χ3n) is 2.39. The zero-order valence-corrected chi connectivity index (χ0v) is 10.6. The van der Waals surface area contributed by atoms with E-state index in [-0.39, 0.29) is 10.9 Å². The van der Waals surface area contributed by atoms with Crippen molar-refractivity contribution in [2.75, 3.05) is 19.4 Å². The number of carbonyl (C=O) groups excluding carboxylic acids is 3. The molecule has 0 spiro atoms. The van der Waals surface area contributed by atoms with Gasteiger partial charge in [-0.3, -0.25) is 14.9 Å². The van der Waals surface area contributed by atoms with E-state index in [2.05, 4.69) is 10.1 Å². The van der Waals surface area contributed by atoms with Crippen LogP contribution >= 0.6 is 11.8 Å². The smallest absolute Gasteiger partial charge is 0.361 e. The van der Waals surface area contributed by atoms with Crippen LogP contribution in [0.3, 0.4) is 0 Å². The van der Waals surface area contributed by atoms with Gasteiger partial charge < -0.3 is 9.47 Å². The van der Waals surface area contributed by atoms with E-state index < -0.39 is 17.7 Å². The van der Waals surface area contributed by atoms with Crippen molar-refractivity contribution in [3.63, 3.8) is 0 Å². The first-order chi connectivity index (χ1) is 8.00. The minimum atomic E-state index is -1.21. The fourth-order valence-corrected chi connectivity index (χ4v) is 1.90. The van der Waals surface area contributed by atoms with Gasteiger partial charge in [0, 0.05) is 20.5 Å². The number of esters is 2. The third kappa shape index (κ3) is 3.79. The number of hydrogen-bond donors (Lipinski definition) is 1. The molecule has 0 aromatic rings. The Morgan fingerprint density at radius 2 is 2.12 bits per heavy atom. The van der Waals surface area contributed by atoms with Gasteiger partial charge in [-0.15, -0.1) is 0 Å². The van der Waals surface area contributed by atoms with Crippen LogP contribution in [-0.2, 0) is 23.9 Å². The van der Waals surface area contributed by atoms with Crippen molar-refractivity contribution >= 4 is 28.8 Å². The minimum absolute atomic E-state index is 0.166. The van der Waals surface area contributed by atoms with Gasteiger partial charge in [0.1, 0.15) is 0 Å². The summed E-state index contributed by atoms with van der Waals surface area (Å²) in [5.41, 5.74) is -1.21. The van der Waals surface area contributed by atoms with Crippen LogP contribution in [0.1, 0.15) is 19.8 Å². The molecule has 1 saturated heterocycles. The molecule has 17 heavy (non-hydrogen) atoms. The summed E-state index contributed by atoms with van der Waals surface area (Å²) in [5.74, 6) is -1.65. The quantitative estimate of drug-likeness (QED) is 0.566. The van der Waals surface area contributed by atoms with Gasteiger partial charge in [-0.2, -0.15) is 0 Å². The Morgan fingerprint density at radius 1 is 1.41 bits per heavy atom. The first-order valence-corrected chi connectivity index (χ1v) is 6.17. The second-order valence-corrected chi connectivity index (χ2v) is 4.76. The van der Waals surface area contributed by atoms with Gasteiger partial charge in [0.05, 0.1) is 5.75 Å². The standard InChI is InChI=1S/C10H15NO5S/c1-7(12)17-6-8(13)16-9(14)10(15-2)4-3-5-11-10/h11H,3-6H2,1-2H3/t10-/m1/s1. The summed E-state index contributed by atoms with van der Waals surface area (Å²) < 4.78 is 9.72. The first-order valence-electron chi connectivity index (χ1n) is 5.19. The number of ether oxygens (including phenoxy) is 2. The summed E-state index contributed by atoms with van der Waals surface area (Å²) in [5, 5.41) is 2.67. The molecule has 0 bridgehead atoms. The monoisotopic (exact) mass is 261 g/mol. The molecule has 1 aliphatic rings. The summed E-state index contributed by atoms with van der Waals surface area (Å²) in [4.78, 5) is 33.6. The highest BCUT2D eigenvalue weighted by molar-refractivity contribution is 8.14. The lowest BCUT2D eigenvalue weighted by atomic mass is 10.2. The predicted molar refractivity (Wildman–Crippen MR) is 61.2 cm³/mol. The summed E-state index contributed by atoms with van der Waals surface area (Å²) in [7, 11) is 1.38. The number of methoxy groups -OCH3 is 1. The van der Waals surface area contributed by atoms with E-state index in [1.807, 2.05) is 0 Å². The molecule has 1 atom stereocenters. The second-order valence-electron chi connectivity index (χ2n) is 3.60. The van der Waals surface area contributed by atoms with Crippen LogP contribution in [0, 0.1) is 0 Å². The van der Waals surface area contributed by atoms with E-state index in [0.717, 1.165) is 18.2 Å². The number of nitrogens with one attached hydrogen (secondary N) is 1. The molecule has 0 unspecified atom stereocenters. The Hall–Kier alpha value is -0.920. The number of carbonyl (C=O) groups is 3. The summed E-state index contributed by atoms with van der Waals surface area (Å²) in [6.07, 6.45) is 1.24. The molecule has 1 aliphatic heterocycles. The average molecular weight is 261 g/mol. The molecule has 0 aromatic carbocycles. The van der Waals surface area contributed by atoms with Gasteiger partial charge >= 0.3 is 11.9 Å². The minimum Gasteiger partial charge on any atom is -0.389 e. The van der Waals surface area contributed by atoms with Crippen LogP contribution in [0.25, 0.3) is 0 Å². The van der Waals surface area contributed by atoms with E-state index in [1.54, 1.807) is 0 Å². The van der Waals surface area contributed by atoms with E-state index in [0.29, 0.717) is 13.0 Å². The Labute approximate surface area is 103 Å². The fraction of sp³-hybridized carbons (Fsp3) is 0.700. The Kier molecular flexibility index (Phi) is 5.10. The highest BCUT2D eigenvalue weighted by Gasteiger charge is 2.43. The molecule has 1 heterocycles. The van der Waals surface area contributed by atoms with Crippen LogP contribution in [0.5, 0.6) is 0 Å². The predicted octanol–water partition coefficient (Wildman–Crippen LogP) is 0.0620. The Bertz CT molecular complexity index is 325. The topological polar surface area (TPSA) is 81.7 Å². The lowest BCUT2D eigenvalue weighted by Gasteiger charge is -2.24. The van der Waals surface area contributed by atoms with Crippen molar-refractivity contribution in [3.05, 3.63) is 0 Å². The molecule has 0 aromatic heterocycles. The van der Waals surface area contributed by atoms with Crippen LogP contribution in [0.4, 0.5) is 0 Å².